The normalized spacial score (nSPS) is 10.8. The molecule has 0 saturated heterocycles. The summed E-state index contributed by atoms with van der Waals surface area (Å²) in [7, 11) is 0. The van der Waals surface area contributed by atoms with Crippen molar-refractivity contribution in [3.8, 4) is 0 Å². The number of carbonyl (C=O) groups is 1. The van der Waals surface area contributed by atoms with Crippen molar-refractivity contribution in [2.75, 3.05) is 5.32 Å². The van der Waals surface area contributed by atoms with E-state index in [9.17, 15) is 9.18 Å². The zero-order valence-corrected chi connectivity index (χ0v) is 12.4. The predicted octanol–water partition coefficient (Wildman–Crippen LogP) is 4.55. The minimum atomic E-state index is -0.323. The lowest BCUT2D eigenvalue weighted by Crippen LogP contribution is -2.08. The van der Waals surface area contributed by atoms with Crippen LogP contribution in [-0.2, 0) is 4.79 Å². The lowest BCUT2D eigenvalue weighted by atomic mass is 10.2. The summed E-state index contributed by atoms with van der Waals surface area (Å²) in [5.74, 6) is -0.573. The molecule has 2 aromatic carbocycles. The average Bonchev–Trinajstić information content (AvgIpc) is 2.40. The zero-order chi connectivity index (χ0) is 14.5. The summed E-state index contributed by atoms with van der Waals surface area (Å²) < 4.78 is 14.0. The highest BCUT2D eigenvalue weighted by atomic mass is 79.9. The molecule has 2 rings (SSSR count). The van der Waals surface area contributed by atoms with Crippen LogP contribution in [0.1, 0.15) is 11.1 Å². The molecule has 0 aliphatic heterocycles. The summed E-state index contributed by atoms with van der Waals surface area (Å²) in [5, 5.41) is 2.78. The third-order valence-electron chi connectivity index (χ3n) is 2.72. The summed E-state index contributed by atoms with van der Waals surface area (Å²) in [5.41, 5.74) is 2.36. The van der Waals surface area contributed by atoms with Gasteiger partial charge in [-0.1, -0.05) is 28.1 Å². The molecule has 20 heavy (non-hydrogen) atoms. The van der Waals surface area contributed by atoms with Crippen LogP contribution in [0.2, 0.25) is 0 Å². The molecule has 4 heteroatoms. The molecule has 0 atom stereocenters. The van der Waals surface area contributed by atoms with Gasteiger partial charge in [-0.25, -0.2) is 4.39 Å². The predicted molar refractivity (Wildman–Crippen MR) is 82.9 cm³/mol. The Morgan fingerprint density at radius 3 is 2.75 bits per heavy atom. The van der Waals surface area contributed by atoms with Crippen molar-refractivity contribution in [3.63, 3.8) is 0 Å². The zero-order valence-electron chi connectivity index (χ0n) is 10.9. The largest absolute Gasteiger partial charge is 0.322 e. The van der Waals surface area contributed by atoms with E-state index < -0.39 is 0 Å². The topological polar surface area (TPSA) is 29.1 Å². The van der Waals surface area contributed by atoms with Gasteiger partial charge in [0.25, 0.3) is 0 Å². The molecule has 0 radical (unpaired) electrons. The van der Waals surface area contributed by atoms with Crippen molar-refractivity contribution >= 4 is 33.6 Å². The Labute approximate surface area is 125 Å². The van der Waals surface area contributed by atoms with Gasteiger partial charge in [0.05, 0.1) is 0 Å². The maximum absolute atomic E-state index is 13.0. The Hall–Kier alpha value is -1.94. The molecule has 2 aromatic rings. The molecule has 0 spiro atoms. The van der Waals surface area contributed by atoms with E-state index in [1.165, 1.54) is 18.2 Å². The van der Waals surface area contributed by atoms with Gasteiger partial charge in [0.2, 0.25) is 5.91 Å². The molecule has 1 N–H and O–H groups in total. The van der Waals surface area contributed by atoms with Crippen molar-refractivity contribution in [2.45, 2.75) is 6.92 Å². The highest BCUT2D eigenvalue weighted by molar-refractivity contribution is 9.10. The van der Waals surface area contributed by atoms with Crippen LogP contribution in [0.25, 0.3) is 6.08 Å². The Morgan fingerprint density at radius 1 is 1.25 bits per heavy atom. The number of rotatable bonds is 3. The van der Waals surface area contributed by atoms with Crippen molar-refractivity contribution in [1.29, 1.82) is 0 Å². The SMILES string of the molecule is Cc1cc(Br)ccc1NC(=O)C=Cc1cccc(F)c1. The number of hydrogen-bond donors (Lipinski definition) is 1. The number of amides is 1. The monoisotopic (exact) mass is 333 g/mol. The van der Waals surface area contributed by atoms with Gasteiger partial charge in [0.1, 0.15) is 5.82 Å². The van der Waals surface area contributed by atoms with Gasteiger partial charge in [0, 0.05) is 16.2 Å². The van der Waals surface area contributed by atoms with Crippen LogP contribution >= 0.6 is 15.9 Å². The first-order valence-electron chi connectivity index (χ1n) is 6.05. The van der Waals surface area contributed by atoms with Crippen LogP contribution in [0, 0.1) is 12.7 Å². The van der Waals surface area contributed by atoms with Crippen LogP contribution in [0.15, 0.2) is 53.0 Å². The lowest BCUT2D eigenvalue weighted by Gasteiger charge is -2.06. The molecular weight excluding hydrogens is 321 g/mol. The summed E-state index contributed by atoms with van der Waals surface area (Å²) in [6.07, 6.45) is 2.96. The Bertz CT molecular complexity index is 667. The summed E-state index contributed by atoms with van der Waals surface area (Å²) in [4.78, 5) is 11.8. The first-order chi connectivity index (χ1) is 9.54. The molecule has 102 valence electrons. The number of hydrogen-bond acceptors (Lipinski definition) is 1. The smallest absolute Gasteiger partial charge is 0.248 e. The number of halogens is 2. The Morgan fingerprint density at radius 2 is 2.05 bits per heavy atom. The number of benzene rings is 2. The third kappa shape index (κ3) is 4.03. The van der Waals surface area contributed by atoms with E-state index in [0.29, 0.717) is 5.56 Å². The number of anilines is 1. The van der Waals surface area contributed by atoms with E-state index in [1.807, 2.05) is 25.1 Å². The summed E-state index contributed by atoms with van der Waals surface area (Å²) in [6, 6.07) is 11.7. The van der Waals surface area contributed by atoms with E-state index in [0.717, 1.165) is 15.7 Å². The minimum absolute atomic E-state index is 0.250. The summed E-state index contributed by atoms with van der Waals surface area (Å²) >= 11 is 3.37. The van der Waals surface area contributed by atoms with Crippen LogP contribution in [-0.4, -0.2) is 5.91 Å². The molecule has 2 nitrogen and oxygen atoms in total. The lowest BCUT2D eigenvalue weighted by molar-refractivity contribution is -0.111. The van der Waals surface area contributed by atoms with E-state index in [2.05, 4.69) is 21.2 Å². The van der Waals surface area contributed by atoms with Crippen LogP contribution in [0.4, 0.5) is 10.1 Å². The van der Waals surface area contributed by atoms with Gasteiger partial charge in [-0.3, -0.25) is 4.79 Å². The van der Waals surface area contributed by atoms with E-state index in [1.54, 1.807) is 18.2 Å². The Balaban J connectivity index is 2.05. The molecule has 0 aliphatic rings. The number of nitrogens with one attached hydrogen (secondary N) is 1. The molecule has 0 aromatic heterocycles. The second-order valence-electron chi connectivity index (χ2n) is 4.34. The molecular formula is C16H13BrFNO. The Kier molecular flexibility index (Phi) is 4.69. The van der Waals surface area contributed by atoms with Crippen molar-refractivity contribution in [1.82, 2.24) is 0 Å². The van der Waals surface area contributed by atoms with Crippen LogP contribution in [0.5, 0.6) is 0 Å². The number of carbonyl (C=O) groups excluding carboxylic acids is 1. The standard InChI is InChI=1S/C16H13BrFNO/c1-11-9-13(17)6-7-15(11)19-16(20)8-5-12-3-2-4-14(18)10-12/h2-10H,1H3,(H,19,20). The highest BCUT2D eigenvalue weighted by Crippen LogP contribution is 2.20. The highest BCUT2D eigenvalue weighted by Gasteiger charge is 2.02. The van der Waals surface area contributed by atoms with Crippen molar-refractivity contribution in [3.05, 3.63) is 70.0 Å². The second-order valence-corrected chi connectivity index (χ2v) is 5.25. The molecule has 0 fully saturated rings. The maximum atomic E-state index is 13.0. The fourth-order valence-electron chi connectivity index (χ4n) is 1.72. The van der Waals surface area contributed by atoms with Gasteiger partial charge in [-0.2, -0.15) is 0 Å². The first-order valence-corrected chi connectivity index (χ1v) is 6.85. The van der Waals surface area contributed by atoms with Crippen molar-refractivity contribution < 1.29 is 9.18 Å². The van der Waals surface area contributed by atoms with Gasteiger partial charge in [-0.05, 0) is 54.5 Å². The molecule has 0 saturated carbocycles. The fourth-order valence-corrected chi connectivity index (χ4v) is 2.20. The van der Waals surface area contributed by atoms with E-state index in [4.69, 9.17) is 0 Å². The third-order valence-corrected chi connectivity index (χ3v) is 3.22. The maximum Gasteiger partial charge on any atom is 0.248 e. The second kappa shape index (κ2) is 6.48. The molecule has 0 aliphatic carbocycles. The van der Waals surface area contributed by atoms with Gasteiger partial charge in [0.15, 0.2) is 0 Å². The minimum Gasteiger partial charge on any atom is -0.322 e. The molecule has 0 unspecified atom stereocenters. The molecule has 0 heterocycles. The quantitative estimate of drug-likeness (QED) is 0.820. The summed E-state index contributed by atoms with van der Waals surface area (Å²) in [6.45, 7) is 1.91. The van der Waals surface area contributed by atoms with E-state index >= 15 is 0 Å². The van der Waals surface area contributed by atoms with Crippen LogP contribution in [0.3, 0.4) is 0 Å². The van der Waals surface area contributed by atoms with Gasteiger partial charge < -0.3 is 5.32 Å². The van der Waals surface area contributed by atoms with E-state index in [-0.39, 0.29) is 11.7 Å². The number of aryl methyl sites for hydroxylation is 1. The van der Waals surface area contributed by atoms with Crippen LogP contribution < -0.4 is 5.32 Å². The van der Waals surface area contributed by atoms with Crippen molar-refractivity contribution in [2.24, 2.45) is 0 Å². The first kappa shape index (κ1) is 14.5. The molecule has 1 amide bonds. The molecule has 0 bridgehead atoms. The average molecular weight is 334 g/mol. The van der Waals surface area contributed by atoms with Gasteiger partial charge >= 0.3 is 0 Å². The van der Waals surface area contributed by atoms with Gasteiger partial charge in [-0.15, -0.1) is 0 Å². The fraction of sp³-hybridized carbons (Fsp3) is 0.0625.